The van der Waals surface area contributed by atoms with E-state index in [1.807, 2.05) is 0 Å². The minimum absolute atomic E-state index is 0.0385. The van der Waals surface area contributed by atoms with Crippen LogP contribution in [0.1, 0.15) is 21.5 Å². The predicted octanol–water partition coefficient (Wildman–Crippen LogP) is 4.44. The Morgan fingerprint density at radius 2 is 1.42 bits per heavy atom. The molecule has 0 aliphatic carbocycles. The molecule has 0 bridgehead atoms. The van der Waals surface area contributed by atoms with Crippen molar-refractivity contribution < 1.29 is 35.5 Å². The van der Waals surface area contributed by atoms with Gasteiger partial charge in [0.05, 0.1) is 22.0 Å². The van der Waals surface area contributed by atoms with E-state index < -0.39 is 46.0 Å². The van der Waals surface area contributed by atoms with E-state index in [-0.39, 0.29) is 12.1 Å². The SMILES string of the molecule is O=C(CBr)c1c(C(F)(F)F)ccc(C(F)(F)F)c1F. The number of carbonyl (C=O) groups excluding carboxylic acids is 1. The molecule has 1 rings (SSSR count). The molecule has 0 aliphatic heterocycles. The minimum Gasteiger partial charge on any atom is -0.293 e. The number of halogens is 8. The topological polar surface area (TPSA) is 17.1 Å². The van der Waals surface area contributed by atoms with Crippen LogP contribution < -0.4 is 0 Å². The zero-order chi connectivity index (χ0) is 15.0. The van der Waals surface area contributed by atoms with Crippen LogP contribution in [-0.2, 0) is 12.4 Å². The summed E-state index contributed by atoms with van der Waals surface area (Å²) in [4.78, 5) is 11.2. The zero-order valence-corrected chi connectivity index (χ0v) is 10.4. The smallest absolute Gasteiger partial charge is 0.293 e. The molecule has 0 saturated heterocycles. The summed E-state index contributed by atoms with van der Waals surface area (Å²) in [6.45, 7) is 0. The van der Waals surface area contributed by atoms with Crippen molar-refractivity contribution in [2.45, 2.75) is 12.4 Å². The van der Waals surface area contributed by atoms with Crippen LogP contribution in [0.25, 0.3) is 0 Å². The summed E-state index contributed by atoms with van der Waals surface area (Å²) in [6, 6.07) is 0.00493. The van der Waals surface area contributed by atoms with Crippen LogP contribution in [0.2, 0.25) is 0 Å². The maximum Gasteiger partial charge on any atom is 0.419 e. The lowest BCUT2D eigenvalue weighted by Gasteiger charge is -2.16. The van der Waals surface area contributed by atoms with Crippen molar-refractivity contribution in [2.24, 2.45) is 0 Å². The fourth-order valence-corrected chi connectivity index (χ4v) is 1.65. The van der Waals surface area contributed by atoms with Crippen LogP contribution in [-0.4, -0.2) is 11.1 Å². The number of benzene rings is 1. The van der Waals surface area contributed by atoms with Crippen LogP contribution in [0.15, 0.2) is 12.1 Å². The van der Waals surface area contributed by atoms with Crippen molar-refractivity contribution in [3.05, 3.63) is 34.6 Å². The highest BCUT2D eigenvalue weighted by Crippen LogP contribution is 2.39. The van der Waals surface area contributed by atoms with Gasteiger partial charge in [-0.3, -0.25) is 4.79 Å². The molecular weight excluding hydrogens is 349 g/mol. The van der Waals surface area contributed by atoms with Gasteiger partial charge in [0.2, 0.25) is 0 Å². The maximum atomic E-state index is 13.5. The molecule has 0 spiro atoms. The Morgan fingerprint density at radius 3 is 1.79 bits per heavy atom. The fraction of sp³-hybridized carbons (Fsp3) is 0.300. The summed E-state index contributed by atoms with van der Waals surface area (Å²) in [6.07, 6.45) is -10.3. The van der Waals surface area contributed by atoms with E-state index in [1.165, 1.54) is 0 Å². The fourth-order valence-electron chi connectivity index (χ4n) is 1.37. The van der Waals surface area contributed by atoms with Crippen molar-refractivity contribution in [3.63, 3.8) is 0 Å². The molecule has 0 aliphatic rings. The first-order chi connectivity index (χ1) is 8.50. The summed E-state index contributed by atoms with van der Waals surface area (Å²) in [5.41, 5.74) is -5.26. The number of hydrogen-bond donors (Lipinski definition) is 0. The number of ketones is 1. The third kappa shape index (κ3) is 3.26. The van der Waals surface area contributed by atoms with E-state index >= 15 is 0 Å². The van der Waals surface area contributed by atoms with E-state index in [9.17, 15) is 35.5 Å². The van der Waals surface area contributed by atoms with E-state index in [4.69, 9.17) is 0 Å². The van der Waals surface area contributed by atoms with Crippen LogP contribution >= 0.6 is 15.9 Å². The van der Waals surface area contributed by atoms with Crippen molar-refractivity contribution >= 4 is 21.7 Å². The Bertz CT molecular complexity index is 504. The molecule has 0 fully saturated rings. The van der Waals surface area contributed by atoms with Gasteiger partial charge in [-0.2, -0.15) is 26.3 Å². The minimum atomic E-state index is -5.18. The highest BCUT2D eigenvalue weighted by molar-refractivity contribution is 9.09. The standard InChI is InChI=1S/C10H4BrF7O/c11-3-6(19)7-4(9(13,14)15)1-2-5(8(7)12)10(16,17)18/h1-2H,3H2. The second-order valence-corrected chi connectivity index (χ2v) is 3.96. The third-order valence-corrected chi connectivity index (χ3v) is 2.66. The van der Waals surface area contributed by atoms with E-state index in [0.29, 0.717) is 0 Å². The normalized spacial score (nSPS) is 12.6. The number of hydrogen-bond acceptors (Lipinski definition) is 1. The Labute approximate surface area is 110 Å². The first-order valence-electron chi connectivity index (χ1n) is 4.56. The molecule has 1 aromatic carbocycles. The van der Waals surface area contributed by atoms with Crippen molar-refractivity contribution in [1.82, 2.24) is 0 Å². The molecule has 0 heterocycles. The van der Waals surface area contributed by atoms with Gasteiger partial charge in [-0.15, -0.1) is 0 Å². The van der Waals surface area contributed by atoms with Crippen LogP contribution in [0.4, 0.5) is 30.7 Å². The molecule has 0 atom stereocenters. The lowest BCUT2D eigenvalue weighted by molar-refractivity contribution is -0.143. The average Bonchev–Trinajstić information content (AvgIpc) is 2.24. The molecule has 1 aromatic rings. The number of carbonyl (C=O) groups is 1. The van der Waals surface area contributed by atoms with Gasteiger partial charge < -0.3 is 0 Å². The van der Waals surface area contributed by atoms with Crippen LogP contribution in [0.3, 0.4) is 0 Å². The number of alkyl halides is 7. The summed E-state index contributed by atoms with van der Waals surface area (Å²) >= 11 is 2.50. The highest BCUT2D eigenvalue weighted by Gasteiger charge is 2.42. The quantitative estimate of drug-likeness (QED) is 0.437. The highest BCUT2D eigenvalue weighted by atomic mass is 79.9. The summed E-state index contributed by atoms with van der Waals surface area (Å²) in [5.74, 6) is -3.64. The summed E-state index contributed by atoms with van der Waals surface area (Å²) in [5, 5.41) is -0.728. The van der Waals surface area contributed by atoms with Gasteiger partial charge in [0.1, 0.15) is 5.82 Å². The molecule has 0 radical (unpaired) electrons. The number of rotatable bonds is 2. The van der Waals surface area contributed by atoms with Gasteiger partial charge in [-0.1, -0.05) is 15.9 Å². The van der Waals surface area contributed by atoms with Gasteiger partial charge in [-0.25, -0.2) is 4.39 Å². The van der Waals surface area contributed by atoms with Gasteiger partial charge in [0.15, 0.2) is 5.78 Å². The molecule has 1 nitrogen and oxygen atoms in total. The Morgan fingerprint density at radius 1 is 1.00 bits per heavy atom. The van der Waals surface area contributed by atoms with Crippen molar-refractivity contribution in [3.8, 4) is 0 Å². The largest absolute Gasteiger partial charge is 0.419 e. The first kappa shape index (κ1) is 15.9. The van der Waals surface area contributed by atoms with Gasteiger partial charge in [-0.05, 0) is 12.1 Å². The predicted molar refractivity (Wildman–Crippen MR) is 54.5 cm³/mol. The molecule has 9 heteroatoms. The maximum absolute atomic E-state index is 13.5. The van der Waals surface area contributed by atoms with Crippen LogP contribution in [0, 0.1) is 5.82 Å². The lowest BCUT2D eigenvalue weighted by atomic mass is 9.99. The van der Waals surface area contributed by atoms with Crippen molar-refractivity contribution in [1.29, 1.82) is 0 Å². The molecular formula is C10H4BrF7O. The van der Waals surface area contributed by atoms with E-state index in [1.54, 1.807) is 0 Å². The second-order valence-electron chi connectivity index (χ2n) is 3.40. The van der Waals surface area contributed by atoms with Crippen LogP contribution in [0.5, 0.6) is 0 Å². The first-order valence-corrected chi connectivity index (χ1v) is 5.68. The van der Waals surface area contributed by atoms with E-state index in [2.05, 4.69) is 15.9 Å². The average molecular weight is 353 g/mol. The lowest BCUT2D eigenvalue weighted by Crippen LogP contribution is -2.20. The molecule has 0 aromatic heterocycles. The van der Waals surface area contributed by atoms with Gasteiger partial charge in [0, 0.05) is 0 Å². The Hall–Kier alpha value is -1.12. The second kappa shape index (κ2) is 5.10. The number of Topliss-reactive ketones (excluding diaryl/α,β-unsaturated/α-hetero) is 1. The Balaban J connectivity index is 3.65. The summed E-state index contributed by atoms with van der Waals surface area (Å²) < 4.78 is 88.3. The molecule has 19 heavy (non-hydrogen) atoms. The van der Waals surface area contributed by atoms with Crippen molar-refractivity contribution in [2.75, 3.05) is 5.33 Å². The Kier molecular flexibility index (Phi) is 4.28. The molecule has 0 saturated carbocycles. The monoisotopic (exact) mass is 352 g/mol. The van der Waals surface area contributed by atoms with E-state index in [0.717, 1.165) is 0 Å². The molecule has 0 unspecified atom stereocenters. The molecule has 0 N–H and O–H groups in total. The molecule has 0 amide bonds. The van der Waals surface area contributed by atoms with Gasteiger partial charge >= 0.3 is 12.4 Å². The summed E-state index contributed by atoms with van der Waals surface area (Å²) in [7, 11) is 0. The third-order valence-electron chi connectivity index (χ3n) is 2.15. The molecule has 106 valence electrons. The zero-order valence-electron chi connectivity index (χ0n) is 8.79. The van der Waals surface area contributed by atoms with Gasteiger partial charge in [0.25, 0.3) is 0 Å².